The molecule has 1 saturated heterocycles. The number of rotatable bonds is 3. The summed E-state index contributed by atoms with van der Waals surface area (Å²) in [5, 5.41) is 13.5. The molecule has 0 radical (unpaired) electrons. The van der Waals surface area contributed by atoms with E-state index in [2.05, 4.69) is 6.92 Å². The maximum atomic E-state index is 12.9. The zero-order valence-corrected chi connectivity index (χ0v) is 16.4. The van der Waals surface area contributed by atoms with Crippen molar-refractivity contribution in [1.29, 1.82) is 0 Å². The summed E-state index contributed by atoms with van der Waals surface area (Å²) in [5.41, 5.74) is 1.83. The molecule has 29 heavy (non-hydrogen) atoms. The Hall–Kier alpha value is -3.05. The molecule has 0 unspecified atom stereocenters. The molecule has 0 aliphatic carbocycles. The van der Waals surface area contributed by atoms with Gasteiger partial charge in [-0.05, 0) is 37.0 Å². The number of quaternary nitrogens is 1. The van der Waals surface area contributed by atoms with Gasteiger partial charge in [-0.25, -0.2) is 0 Å². The van der Waals surface area contributed by atoms with Crippen LogP contribution in [0, 0.1) is 5.92 Å². The van der Waals surface area contributed by atoms with Gasteiger partial charge in [0.15, 0.2) is 5.76 Å². The molecular formula is C24H23NO4. The zero-order chi connectivity index (χ0) is 20.0. The number of allylic oxidation sites excluding steroid dienone is 1. The highest BCUT2D eigenvalue weighted by atomic mass is 16.5. The van der Waals surface area contributed by atoms with Gasteiger partial charge in [-0.15, -0.1) is 0 Å². The van der Waals surface area contributed by atoms with E-state index in [1.54, 1.807) is 12.1 Å². The van der Waals surface area contributed by atoms with Crippen LogP contribution in [0.5, 0.6) is 11.5 Å². The van der Waals surface area contributed by atoms with Crippen LogP contribution in [0.2, 0.25) is 0 Å². The van der Waals surface area contributed by atoms with Gasteiger partial charge >= 0.3 is 0 Å². The number of nitrogens with one attached hydrogen (secondary N) is 1. The van der Waals surface area contributed by atoms with Gasteiger partial charge in [-0.2, -0.15) is 0 Å². The Morgan fingerprint density at radius 2 is 1.97 bits per heavy atom. The number of ether oxygens (including phenoxy) is 1. The lowest BCUT2D eigenvalue weighted by molar-refractivity contribution is -0.919. The summed E-state index contributed by atoms with van der Waals surface area (Å²) in [7, 11) is 0. The lowest BCUT2D eigenvalue weighted by atomic mass is 9.98. The number of hydrogen-bond donors (Lipinski definition) is 1. The van der Waals surface area contributed by atoms with E-state index in [1.165, 1.54) is 11.0 Å². The standard InChI is InChI=1S/C24H23NO4/c1-15-8-10-25(11-9-15)14-19-20(26)7-6-18-23(27)22(29-24(18)19)13-17-12-16-4-2-3-5-21(16)28-17/h2-7,12-13,15,26H,8-11,14H2,1H3. The van der Waals surface area contributed by atoms with Crippen LogP contribution in [-0.2, 0) is 6.54 Å². The highest BCUT2D eigenvalue weighted by molar-refractivity contribution is 6.14. The molecule has 2 aliphatic heterocycles. The molecular weight excluding hydrogens is 366 g/mol. The average Bonchev–Trinajstić information content (AvgIpc) is 3.27. The first-order valence-corrected chi connectivity index (χ1v) is 10.2. The van der Waals surface area contributed by atoms with Crippen LogP contribution >= 0.6 is 0 Å². The van der Waals surface area contributed by atoms with Crippen molar-refractivity contribution in [2.24, 2.45) is 5.92 Å². The summed E-state index contributed by atoms with van der Waals surface area (Å²) < 4.78 is 11.7. The minimum atomic E-state index is -0.205. The maximum absolute atomic E-state index is 12.9. The molecule has 0 atom stereocenters. The number of fused-ring (bicyclic) bond motifs is 2. The molecule has 2 aromatic carbocycles. The van der Waals surface area contributed by atoms with Crippen molar-refractivity contribution in [2.75, 3.05) is 13.1 Å². The first-order chi connectivity index (χ1) is 14.1. The van der Waals surface area contributed by atoms with Crippen molar-refractivity contribution in [2.45, 2.75) is 26.3 Å². The highest BCUT2D eigenvalue weighted by Gasteiger charge is 2.32. The van der Waals surface area contributed by atoms with Crippen LogP contribution in [0.3, 0.4) is 0 Å². The van der Waals surface area contributed by atoms with Crippen LogP contribution in [0.1, 0.15) is 41.4 Å². The van der Waals surface area contributed by atoms with Crippen molar-refractivity contribution in [3.8, 4) is 11.5 Å². The summed E-state index contributed by atoms with van der Waals surface area (Å²) in [6.07, 6.45) is 3.94. The molecule has 0 bridgehead atoms. The molecule has 0 saturated carbocycles. The van der Waals surface area contributed by atoms with Crippen LogP contribution in [0.4, 0.5) is 0 Å². The van der Waals surface area contributed by atoms with E-state index in [0.29, 0.717) is 29.2 Å². The minimum absolute atomic E-state index is 0.0624. The molecule has 3 heterocycles. The Kier molecular flexibility index (Phi) is 4.40. The van der Waals surface area contributed by atoms with Gasteiger partial charge in [0.25, 0.3) is 0 Å². The Balaban J connectivity index is 1.45. The summed E-state index contributed by atoms with van der Waals surface area (Å²) >= 11 is 0. The molecule has 148 valence electrons. The number of likely N-dealkylation sites (tertiary alicyclic amines) is 1. The monoisotopic (exact) mass is 389 g/mol. The average molecular weight is 389 g/mol. The fourth-order valence-corrected chi connectivity index (χ4v) is 4.26. The molecule has 2 aliphatic rings. The van der Waals surface area contributed by atoms with E-state index in [-0.39, 0.29) is 17.3 Å². The highest BCUT2D eigenvalue weighted by Crippen LogP contribution is 2.38. The first kappa shape index (κ1) is 18.0. The Bertz CT molecular complexity index is 1090. The predicted octanol–water partition coefficient (Wildman–Crippen LogP) is 2.94. The van der Waals surface area contributed by atoms with E-state index >= 15 is 0 Å². The van der Waals surface area contributed by atoms with E-state index in [4.69, 9.17) is 9.15 Å². The van der Waals surface area contributed by atoms with Crippen molar-refractivity contribution in [1.82, 2.24) is 0 Å². The van der Waals surface area contributed by atoms with Gasteiger partial charge in [0, 0.05) is 17.0 Å². The third-order valence-electron chi connectivity index (χ3n) is 6.02. The number of carbonyl (C=O) groups is 1. The largest absolute Gasteiger partial charge is 0.872 e. The molecule has 1 fully saturated rings. The van der Waals surface area contributed by atoms with Crippen LogP contribution < -0.4 is 14.7 Å². The summed E-state index contributed by atoms with van der Waals surface area (Å²) in [5.74, 6) is 1.66. The van der Waals surface area contributed by atoms with E-state index in [9.17, 15) is 9.90 Å². The molecule has 0 spiro atoms. The van der Waals surface area contributed by atoms with Gasteiger partial charge in [0.2, 0.25) is 5.78 Å². The topological polar surface area (TPSA) is 66.9 Å². The summed E-state index contributed by atoms with van der Waals surface area (Å²) in [6, 6.07) is 12.6. The van der Waals surface area contributed by atoms with Crippen molar-refractivity contribution in [3.63, 3.8) is 0 Å². The van der Waals surface area contributed by atoms with Crippen molar-refractivity contribution < 1.29 is 24.0 Å². The lowest BCUT2D eigenvalue weighted by Crippen LogP contribution is -3.11. The van der Waals surface area contributed by atoms with Gasteiger partial charge in [-0.1, -0.05) is 36.9 Å². The third-order valence-corrected chi connectivity index (χ3v) is 6.02. The number of furan rings is 1. The summed E-state index contributed by atoms with van der Waals surface area (Å²) in [6.45, 7) is 4.95. The number of carbonyl (C=O) groups excluding carboxylic acids is 1. The molecule has 5 heteroatoms. The molecule has 5 rings (SSSR count). The quantitative estimate of drug-likeness (QED) is 0.700. The van der Waals surface area contributed by atoms with Crippen LogP contribution in [0.15, 0.2) is 52.6 Å². The number of Topliss-reactive ketones (excluding diaryl/α,β-unsaturated/α-hetero) is 1. The number of piperidine rings is 1. The van der Waals surface area contributed by atoms with Crippen molar-refractivity contribution in [3.05, 3.63) is 65.1 Å². The fourth-order valence-electron chi connectivity index (χ4n) is 4.26. The zero-order valence-electron chi connectivity index (χ0n) is 16.4. The predicted molar refractivity (Wildman–Crippen MR) is 108 cm³/mol. The smallest absolute Gasteiger partial charge is 0.232 e. The maximum Gasteiger partial charge on any atom is 0.232 e. The fraction of sp³-hybridized carbons (Fsp3) is 0.292. The number of para-hydroxylation sites is 1. The van der Waals surface area contributed by atoms with Gasteiger partial charge < -0.3 is 19.2 Å². The van der Waals surface area contributed by atoms with E-state index < -0.39 is 0 Å². The normalized spacial score (nSPS) is 22.8. The second-order valence-electron chi connectivity index (χ2n) is 8.15. The second-order valence-corrected chi connectivity index (χ2v) is 8.15. The Labute approximate surface area is 169 Å². The minimum Gasteiger partial charge on any atom is -0.872 e. The summed E-state index contributed by atoms with van der Waals surface area (Å²) in [4.78, 5) is 14.2. The Morgan fingerprint density at radius 1 is 1.17 bits per heavy atom. The van der Waals surface area contributed by atoms with Gasteiger partial charge in [0.1, 0.15) is 23.6 Å². The SMILES string of the molecule is CC1CC[NH+](Cc2c([O-])ccc3c2OC(=Cc2cc4ccccc4o2)C3=O)CC1. The van der Waals surface area contributed by atoms with Crippen molar-refractivity contribution >= 4 is 22.8 Å². The van der Waals surface area contributed by atoms with Gasteiger partial charge in [-0.3, -0.25) is 4.79 Å². The Morgan fingerprint density at radius 3 is 2.76 bits per heavy atom. The number of ketones is 1. The second kappa shape index (κ2) is 7.08. The molecule has 3 aromatic rings. The number of hydrogen-bond acceptors (Lipinski definition) is 4. The number of benzene rings is 2. The van der Waals surface area contributed by atoms with E-state index in [1.807, 2.05) is 30.3 Å². The molecule has 0 amide bonds. The van der Waals surface area contributed by atoms with Crippen LogP contribution in [0.25, 0.3) is 17.0 Å². The molecule has 1 aromatic heterocycles. The lowest BCUT2D eigenvalue weighted by Gasteiger charge is -2.29. The van der Waals surface area contributed by atoms with Crippen LogP contribution in [-0.4, -0.2) is 18.9 Å². The molecule has 1 N–H and O–H groups in total. The van der Waals surface area contributed by atoms with E-state index in [0.717, 1.165) is 42.8 Å². The molecule has 5 nitrogen and oxygen atoms in total. The van der Waals surface area contributed by atoms with Gasteiger partial charge in [0.05, 0.1) is 18.7 Å². The first-order valence-electron chi connectivity index (χ1n) is 10.2. The third kappa shape index (κ3) is 3.32.